The summed E-state index contributed by atoms with van der Waals surface area (Å²) in [6, 6.07) is 15.8. The second kappa shape index (κ2) is 6.98. The Morgan fingerprint density at radius 3 is 2.29 bits per heavy atom. The van der Waals surface area contributed by atoms with E-state index in [2.05, 4.69) is 11.0 Å². The topological polar surface area (TPSA) is 48.0 Å². The van der Waals surface area contributed by atoms with E-state index in [4.69, 9.17) is 13.8 Å². The lowest BCUT2D eigenvalue weighted by atomic mass is 9.99. The van der Waals surface area contributed by atoms with E-state index in [0.717, 1.165) is 30.0 Å². The number of rotatable bonds is 5. The van der Waals surface area contributed by atoms with Crippen LogP contribution in [0.15, 0.2) is 48.5 Å². The van der Waals surface area contributed by atoms with Crippen molar-refractivity contribution in [3.05, 3.63) is 59.7 Å². The Balaban J connectivity index is 2.09. The number of ether oxygens (including phenoxy) is 1. The van der Waals surface area contributed by atoms with Crippen LogP contribution in [0, 0.1) is 0 Å². The molecule has 2 aromatic rings. The van der Waals surface area contributed by atoms with Crippen LogP contribution >= 0.6 is 7.60 Å². The molecule has 128 valence electrons. The fraction of sp³-hybridized carbons (Fsp3) is 0.333. The first kappa shape index (κ1) is 17.0. The zero-order valence-electron chi connectivity index (χ0n) is 14.1. The average molecular weight is 347 g/mol. The summed E-state index contributed by atoms with van der Waals surface area (Å²) >= 11 is 0. The summed E-state index contributed by atoms with van der Waals surface area (Å²) in [7, 11) is 1.18. The molecule has 1 unspecified atom stereocenters. The molecule has 0 aliphatic carbocycles. The molecule has 1 atom stereocenters. The molecule has 1 heterocycles. The summed E-state index contributed by atoms with van der Waals surface area (Å²) in [6.45, 7) is 0.741. The van der Waals surface area contributed by atoms with Gasteiger partial charge in [-0.25, -0.2) is 0 Å². The van der Waals surface area contributed by atoms with Crippen LogP contribution in [0.3, 0.4) is 0 Å². The molecule has 0 radical (unpaired) electrons. The van der Waals surface area contributed by atoms with Gasteiger partial charge in [0.2, 0.25) is 0 Å². The molecule has 0 aromatic heterocycles. The van der Waals surface area contributed by atoms with E-state index in [1.807, 2.05) is 42.5 Å². The maximum Gasteiger partial charge on any atom is 0.356 e. The fourth-order valence-electron chi connectivity index (χ4n) is 3.20. The Morgan fingerprint density at radius 2 is 1.67 bits per heavy atom. The minimum Gasteiger partial charge on any atom is -0.497 e. The van der Waals surface area contributed by atoms with Crippen molar-refractivity contribution in [1.82, 2.24) is 0 Å². The van der Waals surface area contributed by atoms with Gasteiger partial charge in [-0.1, -0.05) is 24.3 Å². The third kappa shape index (κ3) is 2.95. The highest BCUT2D eigenvalue weighted by molar-refractivity contribution is 7.54. The van der Waals surface area contributed by atoms with Crippen molar-refractivity contribution in [3.63, 3.8) is 0 Å². The lowest BCUT2D eigenvalue weighted by Gasteiger charge is -2.40. The van der Waals surface area contributed by atoms with Crippen molar-refractivity contribution in [2.24, 2.45) is 0 Å². The molecular formula is C18H22NO4P. The number of benzene rings is 2. The Morgan fingerprint density at radius 1 is 1.00 bits per heavy atom. The highest BCUT2D eigenvalue weighted by atomic mass is 31.2. The fourth-order valence-corrected chi connectivity index (χ4v) is 4.94. The highest BCUT2D eigenvalue weighted by Gasteiger charge is 2.43. The van der Waals surface area contributed by atoms with Gasteiger partial charge < -0.3 is 18.7 Å². The minimum atomic E-state index is -3.33. The van der Waals surface area contributed by atoms with Crippen molar-refractivity contribution in [3.8, 4) is 5.75 Å². The van der Waals surface area contributed by atoms with Gasteiger partial charge in [-0.05, 0) is 41.8 Å². The Bertz CT molecular complexity index is 739. The second-order valence-corrected chi connectivity index (χ2v) is 7.92. The SMILES string of the molecule is COc1ccc(N2CCc3ccccc3C2P(=O)(OC)OC)cc1. The maximum atomic E-state index is 13.3. The van der Waals surface area contributed by atoms with Crippen molar-refractivity contribution >= 4 is 13.3 Å². The van der Waals surface area contributed by atoms with Crippen LogP contribution in [0.4, 0.5) is 5.69 Å². The van der Waals surface area contributed by atoms with Gasteiger partial charge in [0.15, 0.2) is 5.78 Å². The molecule has 0 N–H and O–H groups in total. The van der Waals surface area contributed by atoms with Gasteiger partial charge >= 0.3 is 7.60 Å². The van der Waals surface area contributed by atoms with Gasteiger partial charge in [-0.2, -0.15) is 0 Å². The summed E-state index contributed by atoms with van der Waals surface area (Å²) in [5, 5.41) is 0. The predicted octanol–water partition coefficient (Wildman–Crippen LogP) is 4.24. The van der Waals surface area contributed by atoms with Gasteiger partial charge in [0.1, 0.15) is 5.75 Å². The van der Waals surface area contributed by atoms with Crippen LogP contribution < -0.4 is 9.64 Å². The standard InChI is InChI=1S/C18H22NO4P/c1-21-16-10-8-15(9-11-16)19-13-12-14-6-4-5-7-17(14)18(19)24(20,22-2)23-3/h4-11,18H,12-13H2,1-3H3. The van der Waals surface area contributed by atoms with Crippen LogP contribution in [0.5, 0.6) is 5.75 Å². The molecule has 0 saturated heterocycles. The third-order valence-electron chi connectivity index (χ3n) is 4.46. The minimum absolute atomic E-state index is 0.467. The Kier molecular flexibility index (Phi) is 4.95. The summed E-state index contributed by atoms with van der Waals surface area (Å²) in [4.78, 5) is 2.09. The molecule has 2 aromatic carbocycles. The van der Waals surface area contributed by atoms with Gasteiger partial charge in [0, 0.05) is 26.5 Å². The molecule has 6 heteroatoms. The van der Waals surface area contributed by atoms with E-state index in [1.54, 1.807) is 7.11 Å². The second-order valence-electron chi connectivity index (χ2n) is 5.62. The molecule has 1 aliphatic heterocycles. The molecule has 3 rings (SSSR count). The van der Waals surface area contributed by atoms with E-state index in [0.29, 0.717) is 0 Å². The van der Waals surface area contributed by atoms with E-state index < -0.39 is 13.4 Å². The summed E-state index contributed by atoms with van der Waals surface area (Å²) in [5.74, 6) is 0.320. The first-order valence-corrected chi connectivity index (χ1v) is 9.44. The van der Waals surface area contributed by atoms with Gasteiger partial charge in [-0.15, -0.1) is 0 Å². The van der Waals surface area contributed by atoms with E-state index in [1.165, 1.54) is 19.8 Å². The third-order valence-corrected chi connectivity index (χ3v) is 6.64. The lowest BCUT2D eigenvalue weighted by molar-refractivity contribution is 0.263. The largest absolute Gasteiger partial charge is 0.497 e. The van der Waals surface area contributed by atoms with E-state index in [9.17, 15) is 4.57 Å². The lowest BCUT2D eigenvalue weighted by Crippen LogP contribution is -2.36. The molecule has 0 spiro atoms. The number of fused-ring (bicyclic) bond motifs is 1. The molecule has 24 heavy (non-hydrogen) atoms. The Hall–Kier alpha value is -1.81. The molecule has 0 fully saturated rings. The van der Waals surface area contributed by atoms with Gasteiger partial charge in [0.05, 0.1) is 7.11 Å². The van der Waals surface area contributed by atoms with Crippen LogP contribution in [0.25, 0.3) is 0 Å². The molecule has 1 aliphatic rings. The van der Waals surface area contributed by atoms with Crippen molar-refractivity contribution in [2.45, 2.75) is 12.2 Å². The van der Waals surface area contributed by atoms with Crippen LogP contribution in [-0.2, 0) is 20.0 Å². The van der Waals surface area contributed by atoms with Crippen molar-refractivity contribution in [2.75, 3.05) is 32.8 Å². The van der Waals surface area contributed by atoms with Gasteiger partial charge in [0.25, 0.3) is 0 Å². The zero-order valence-corrected chi connectivity index (χ0v) is 15.0. The molecule has 5 nitrogen and oxygen atoms in total. The van der Waals surface area contributed by atoms with E-state index >= 15 is 0 Å². The first-order chi connectivity index (χ1) is 11.6. The smallest absolute Gasteiger partial charge is 0.356 e. The van der Waals surface area contributed by atoms with Crippen LogP contribution in [0.1, 0.15) is 16.9 Å². The average Bonchev–Trinajstić information content (AvgIpc) is 2.66. The summed E-state index contributed by atoms with van der Waals surface area (Å²) in [6.07, 6.45) is 0.881. The normalized spacial score (nSPS) is 17.5. The van der Waals surface area contributed by atoms with Crippen molar-refractivity contribution < 1.29 is 18.3 Å². The molecular weight excluding hydrogens is 325 g/mol. The number of nitrogens with zero attached hydrogens (tertiary/aromatic N) is 1. The monoisotopic (exact) mass is 347 g/mol. The van der Waals surface area contributed by atoms with Gasteiger partial charge in [-0.3, -0.25) is 4.57 Å². The maximum absolute atomic E-state index is 13.3. The van der Waals surface area contributed by atoms with Crippen molar-refractivity contribution in [1.29, 1.82) is 0 Å². The molecule has 0 amide bonds. The number of hydrogen-bond acceptors (Lipinski definition) is 5. The number of anilines is 1. The number of methoxy groups -OCH3 is 1. The first-order valence-electron chi connectivity index (χ1n) is 7.82. The molecule has 0 saturated carbocycles. The zero-order chi connectivity index (χ0) is 17.2. The molecule has 0 bridgehead atoms. The van der Waals surface area contributed by atoms with Crippen LogP contribution in [-0.4, -0.2) is 27.9 Å². The summed E-state index contributed by atoms with van der Waals surface area (Å²) < 4.78 is 29.2. The predicted molar refractivity (Wildman–Crippen MR) is 94.9 cm³/mol. The van der Waals surface area contributed by atoms with E-state index in [-0.39, 0.29) is 0 Å². The number of hydrogen-bond donors (Lipinski definition) is 0. The summed E-state index contributed by atoms with van der Waals surface area (Å²) in [5.41, 5.74) is 3.14. The quantitative estimate of drug-likeness (QED) is 0.757. The highest BCUT2D eigenvalue weighted by Crippen LogP contribution is 2.63. The van der Waals surface area contributed by atoms with Crippen LogP contribution in [0.2, 0.25) is 0 Å². The Labute approximate surface area is 142 Å².